The van der Waals surface area contributed by atoms with Crippen LogP contribution in [0.5, 0.6) is 0 Å². The molecule has 0 spiro atoms. The molecular formula is C15H20N4O. The van der Waals surface area contributed by atoms with Crippen LogP contribution in [0.25, 0.3) is 10.9 Å². The van der Waals surface area contributed by atoms with E-state index in [0.29, 0.717) is 18.7 Å². The highest BCUT2D eigenvalue weighted by molar-refractivity contribution is 5.97. The van der Waals surface area contributed by atoms with E-state index in [1.54, 1.807) is 6.20 Å². The highest BCUT2D eigenvalue weighted by Crippen LogP contribution is 2.25. The summed E-state index contributed by atoms with van der Waals surface area (Å²) in [4.78, 5) is 15.9. The Bertz CT molecular complexity index is 610. The van der Waals surface area contributed by atoms with Crippen LogP contribution in [-0.4, -0.2) is 23.5 Å². The number of para-hydroxylation sites is 1. The summed E-state index contributed by atoms with van der Waals surface area (Å²) in [7, 11) is 0. The van der Waals surface area contributed by atoms with E-state index in [2.05, 4.69) is 15.6 Å². The number of hydrogen-bond acceptors (Lipinski definition) is 4. The van der Waals surface area contributed by atoms with Crippen molar-refractivity contribution < 1.29 is 4.79 Å². The first kappa shape index (κ1) is 14.1. The average molecular weight is 272 g/mol. The Hall–Kier alpha value is -2.30. The van der Waals surface area contributed by atoms with Gasteiger partial charge >= 0.3 is 0 Å². The van der Waals surface area contributed by atoms with E-state index in [4.69, 9.17) is 5.73 Å². The number of hydrogen-bond donors (Lipinski definition) is 3. The first-order valence-corrected chi connectivity index (χ1v) is 6.74. The summed E-state index contributed by atoms with van der Waals surface area (Å²) in [5.41, 5.74) is 8.28. The number of rotatable bonds is 5. The molecule has 0 aliphatic heterocycles. The lowest BCUT2D eigenvalue weighted by Gasteiger charge is -2.11. The minimum Gasteiger partial charge on any atom is -0.397 e. The number of carbonyl (C=O) groups is 1. The van der Waals surface area contributed by atoms with Crippen LogP contribution in [0.3, 0.4) is 0 Å². The van der Waals surface area contributed by atoms with Crippen LogP contribution < -0.4 is 16.4 Å². The van der Waals surface area contributed by atoms with Crippen molar-refractivity contribution in [1.82, 2.24) is 10.3 Å². The van der Waals surface area contributed by atoms with Crippen LogP contribution >= 0.6 is 0 Å². The van der Waals surface area contributed by atoms with Crippen LogP contribution in [0.2, 0.25) is 0 Å². The van der Waals surface area contributed by atoms with Crippen molar-refractivity contribution >= 4 is 28.2 Å². The number of nitrogens with one attached hydrogen (secondary N) is 2. The first-order valence-electron chi connectivity index (χ1n) is 6.74. The maximum Gasteiger partial charge on any atom is 0.221 e. The molecule has 0 unspecified atom stereocenters. The molecule has 1 aromatic heterocycles. The normalized spacial score (nSPS) is 10.8. The summed E-state index contributed by atoms with van der Waals surface area (Å²) >= 11 is 0. The zero-order valence-electron chi connectivity index (χ0n) is 11.8. The molecule has 2 rings (SSSR count). The highest BCUT2D eigenvalue weighted by atomic mass is 16.1. The number of nitrogens with zero attached hydrogens (tertiary/aromatic N) is 1. The van der Waals surface area contributed by atoms with E-state index < -0.39 is 0 Å². The van der Waals surface area contributed by atoms with Crippen molar-refractivity contribution in [2.45, 2.75) is 26.3 Å². The molecule has 5 nitrogen and oxygen atoms in total. The number of benzene rings is 1. The maximum atomic E-state index is 11.6. The summed E-state index contributed by atoms with van der Waals surface area (Å²) < 4.78 is 0. The van der Waals surface area contributed by atoms with Crippen molar-refractivity contribution in [3.63, 3.8) is 0 Å². The number of pyridine rings is 1. The molecule has 4 N–H and O–H groups in total. The van der Waals surface area contributed by atoms with Crippen LogP contribution in [0.1, 0.15) is 20.3 Å². The summed E-state index contributed by atoms with van der Waals surface area (Å²) in [5.74, 6) is 0.0466. The number of anilines is 2. The van der Waals surface area contributed by atoms with E-state index in [1.165, 1.54) is 0 Å². The van der Waals surface area contributed by atoms with Crippen molar-refractivity contribution in [2.75, 3.05) is 17.6 Å². The topological polar surface area (TPSA) is 80.0 Å². The third-order valence-electron chi connectivity index (χ3n) is 2.92. The lowest BCUT2D eigenvalue weighted by molar-refractivity contribution is -0.121. The van der Waals surface area contributed by atoms with Gasteiger partial charge < -0.3 is 16.4 Å². The fraction of sp³-hybridized carbons (Fsp3) is 0.333. The second-order valence-corrected chi connectivity index (χ2v) is 5.00. The van der Waals surface area contributed by atoms with Gasteiger partial charge in [0.25, 0.3) is 0 Å². The molecule has 0 aliphatic carbocycles. The van der Waals surface area contributed by atoms with Gasteiger partial charge in [0.1, 0.15) is 0 Å². The number of nitrogens with two attached hydrogens (primary N) is 1. The molecule has 20 heavy (non-hydrogen) atoms. The Kier molecular flexibility index (Phi) is 4.40. The minimum atomic E-state index is 0.0466. The highest BCUT2D eigenvalue weighted by Gasteiger charge is 2.06. The summed E-state index contributed by atoms with van der Waals surface area (Å²) in [6.07, 6.45) is 2.15. The predicted octanol–water partition coefficient (Wildman–Crippen LogP) is 2.14. The van der Waals surface area contributed by atoms with E-state index in [-0.39, 0.29) is 11.9 Å². The van der Waals surface area contributed by atoms with Crippen molar-refractivity contribution in [2.24, 2.45) is 0 Å². The van der Waals surface area contributed by atoms with Crippen LogP contribution in [0, 0.1) is 0 Å². The number of amides is 1. The summed E-state index contributed by atoms with van der Waals surface area (Å²) in [6, 6.07) is 7.76. The zero-order valence-corrected chi connectivity index (χ0v) is 11.8. The second kappa shape index (κ2) is 6.23. The van der Waals surface area contributed by atoms with Crippen molar-refractivity contribution in [1.29, 1.82) is 0 Å². The van der Waals surface area contributed by atoms with Gasteiger partial charge in [-0.1, -0.05) is 12.1 Å². The van der Waals surface area contributed by atoms with Gasteiger partial charge in [0.15, 0.2) is 0 Å². The van der Waals surface area contributed by atoms with Crippen LogP contribution in [0.15, 0.2) is 30.5 Å². The van der Waals surface area contributed by atoms with Gasteiger partial charge in [-0.25, -0.2) is 0 Å². The second-order valence-electron chi connectivity index (χ2n) is 5.00. The standard InChI is InChI=1S/C15H20N4O/c1-10(2)19-14(20)7-9-17-13-6-8-18-15-11(13)4-3-5-12(15)16/h3-6,8,10H,7,9,16H2,1-2H3,(H,17,18)(H,19,20). The number of aromatic nitrogens is 1. The molecule has 0 radical (unpaired) electrons. The van der Waals surface area contributed by atoms with E-state index in [1.807, 2.05) is 38.1 Å². The largest absolute Gasteiger partial charge is 0.397 e. The lowest BCUT2D eigenvalue weighted by Crippen LogP contribution is -2.31. The molecule has 0 fully saturated rings. The Balaban J connectivity index is 2.04. The smallest absolute Gasteiger partial charge is 0.221 e. The van der Waals surface area contributed by atoms with Gasteiger partial charge in [-0.15, -0.1) is 0 Å². The molecule has 0 saturated carbocycles. The monoisotopic (exact) mass is 272 g/mol. The number of nitrogen functional groups attached to an aromatic ring is 1. The molecule has 106 valence electrons. The van der Waals surface area contributed by atoms with Crippen LogP contribution in [-0.2, 0) is 4.79 Å². The molecule has 1 amide bonds. The van der Waals surface area contributed by atoms with Crippen LogP contribution in [0.4, 0.5) is 11.4 Å². The van der Waals surface area contributed by atoms with E-state index >= 15 is 0 Å². The zero-order chi connectivity index (χ0) is 14.5. The van der Waals surface area contributed by atoms with E-state index in [9.17, 15) is 4.79 Å². The fourth-order valence-corrected chi connectivity index (χ4v) is 2.06. The van der Waals surface area contributed by atoms with Gasteiger partial charge in [0.2, 0.25) is 5.91 Å². The molecule has 2 aromatic rings. The summed E-state index contributed by atoms with van der Waals surface area (Å²) in [6.45, 7) is 4.47. The molecule has 5 heteroatoms. The quantitative estimate of drug-likeness (QED) is 0.729. The van der Waals surface area contributed by atoms with Gasteiger partial charge in [-0.2, -0.15) is 0 Å². The fourth-order valence-electron chi connectivity index (χ4n) is 2.06. The molecule has 1 heterocycles. The Morgan fingerprint density at radius 2 is 2.15 bits per heavy atom. The minimum absolute atomic E-state index is 0.0466. The molecular weight excluding hydrogens is 252 g/mol. The summed E-state index contributed by atoms with van der Waals surface area (Å²) in [5, 5.41) is 7.10. The maximum absolute atomic E-state index is 11.6. The molecule has 0 aliphatic rings. The number of carbonyl (C=O) groups excluding carboxylic acids is 1. The number of fused-ring (bicyclic) bond motifs is 1. The predicted molar refractivity (Wildman–Crippen MR) is 82.5 cm³/mol. The molecule has 0 atom stereocenters. The Labute approximate surface area is 118 Å². The Morgan fingerprint density at radius 3 is 2.90 bits per heavy atom. The van der Waals surface area contributed by atoms with Gasteiger partial charge in [-0.05, 0) is 26.0 Å². The van der Waals surface area contributed by atoms with Gasteiger partial charge in [0, 0.05) is 36.3 Å². The lowest BCUT2D eigenvalue weighted by atomic mass is 10.1. The molecule has 0 saturated heterocycles. The SMILES string of the molecule is CC(C)NC(=O)CCNc1ccnc2c(N)cccc12. The van der Waals surface area contributed by atoms with Crippen molar-refractivity contribution in [3.8, 4) is 0 Å². The third kappa shape index (κ3) is 3.38. The van der Waals surface area contributed by atoms with Gasteiger partial charge in [0.05, 0.1) is 11.2 Å². The Morgan fingerprint density at radius 1 is 1.35 bits per heavy atom. The first-order chi connectivity index (χ1) is 9.58. The van der Waals surface area contributed by atoms with Crippen molar-refractivity contribution in [3.05, 3.63) is 30.5 Å². The average Bonchev–Trinajstić information content (AvgIpc) is 2.39. The third-order valence-corrected chi connectivity index (χ3v) is 2.92. The van der Waals surface area contributed by atoms with Gasteiger partial charge in [-0.3, -0.25) is 9.78 Å². The molecule has 1 aromatic carbocycles. The molecule has 0 bridgehead atoms. The van der Waals surface area contributed by atoms with E-state index in [0.717, 1.165) is 16.6 Å².